The minimum Gasteiger partial charge on any atom is -0.313 e. The lowest BCUT2D eigenvalue weighted by atomic mass is 10.1. The van der Waals surface area contributed by atoms with Crippen LogP contribution in [0.2, 0.25) is 0 Å². The summed E-state index contributed by atoms with van der Waals surface area (Å²) in [6.07, 6.45) is 0. The Hall–Kier alpha value is -2.29. The van der Waals surface area contributed by atoms with Crippen molar-refractivity contribution in [1.82, 2.24) is 0 Å². The molecule has 0 saturated carbocycles. The van der Waals surface area contributed by atoms with E-state index in [0.29, 0.717) is 0 Å². The molecule has 3 nitrogen and oxygen atoms in total. The normalized spacial score (nSPS) is 20.3. The molecule has 0 fully saturated rings. The Kier molecular flexibility index (Phi) is 2.15. The minimum atomic E-state index is 0.243. The number of benzene rings is 2. The van der Waals surface area contributed by atoms with E-state index in [1.807, 2.05) is 6.07 Å². The minimum absolute atomic E-state index is 0.243. The van der Waals surface area contributed by atoms with Crippen LogP contribution in [0.1, 0.15) is 11.6 Å². The molecule has 2 heterocycles. The van der Waals surface area contributed by atoms with Crippen molar-refractivity contribution in [1.29, 1.82) is 0 Å². The lowest BCUT2D eigenvalue weighted by Crippen LogP contribution is -2.32. The van der Waals surface area contributed by atoms with Crippen molar-refractivity contribution in [3.05, 3.63) is 60.2 Å². The number of nitrogens with zero attached hydrogens (tertiary/aromatic N) is 3. The van der Waals surface area contributed by atoms with E-state index < -0.39 is 0 Å². The van der Waals surface area contributed by atoms with Gasteiger partial charge in [0.1, 0.15) is 0 Å². The Morgan fingerprint density at radius 2 is 1.63 bits per heavy atom. The molecule has 94 valence electrons. The first-order chi connectivity index (χ1) is 9.34. The van der Waals surface area contributed by atoms with Crippen molar-refractivity contribution in [2.24, 2.45) is 4.99 Å². The van der Waals surface area contributed by atoms with Crippen LogP contribution in [0.5, 0.6) is 0 Å². The van der Waals surface area contributed by atoms with Gasteiger partial charge in [-0.3, -0.25) is 0 Å². The van der Waals surface area contributed by atoms with Crippen LogP contribution in [-0.4, -0.2) is 19.6 Å². The van der Waals surface area contributed by atoms with Gasteiger partial charge in [-0.05, 0) is 17.7 Å². The molecule has 4 rings (SSSR count). The maximum Gasteiger partial charge on any atom is 0.206 e. The summed E-state index contributed by atoms with van der Waals surface area (Å²) in [5, 5.41) is 0. The van der Waals surface area contributed by atoms with Crippen LogP contribution < -0.4 is 9.80 Å². The molecule has 0 N–H and O–H groups in total. The monoisotopic (exact) mass is 249 g/mol. The zero-order valence-electron chi connectivity index (χ0n) is 10.8. The van der Waals surface area contributed by atoms with Gasteiger partial charge < -0.3 is 9.80 Å². The number of anilines is 2. The van der Waals surface area contributed by atoms with Crippen molar-refractivity contribution in [3.8, 4) is 0 Å². The van der Waals surface area contributed by atoms with Gasteiger partial charge in [-0.25, -0.2) is 4.99 Å². The summed E-state index contributed by atoms with van der Waals surface area (Å²) in [6.45, 7) is 0.931. The zero-order chi connectivity index (χ0) is 12.8. The first-order valence-corrected chi connectivity index (χ1v) is 6.57. The van der Waals surface area contributed by atoms with E-state index in [-0.39, 0.29) is 6.04 Å². The lowest BCUT2D eigenvalue weighted by Gasteiger charge is -2.14. The van der Waals surface area contributed by atoms with E-state index in [2.05, 4.69) is 65.4 Å². The number of fused-ring (bicyclic) bond motifs is 3. The Bertz CT molecular complexity index is 648. The highest BCUT2D eigenvalue weighted by molar-refractivity contribution is 6.16. The molecule has 0 amide bonds. The van der Waals surface area contributed by atoms with Crippen molar-refractivity contribution in [2.75, 3.05) is 23.4 Å². The molecule has 0 spiro atoms. The smallest absolute Gasteiger partial charge is 0.206 e. The summed E-state index contributed by atoms with van der Waals surface area (Å²) in [6, 6.07) is 19.2. The molecule has 0 unspecified atom stereocenters. The molecule has 0 aliphatic carbocycles. The third-order valence-electron chi connectivity index (χ3n) is 3.89. The summed E-state index contributed by atoms with van der Waals surface area (Å²) in [4.78, 5) is 9.38. The largest absolute Gasteiger partial charge is 0.313 e. The standard InChI is InChI=1S/C16H15N3/c1-18-14-9-5-6-10-15(14)19-11-13(17-16(18)19)12-7-3-2-4-8-12/h2-10,13H,11H2,1H3/t13-/m0/s1. The molecule has 1 atom stereocenters. The third kappa shape index (κ3) is 1.48. The van der Waals surface area contributed by atoms with E-state index in [0.717, 1.165) is 12.5 Å². The van der Waals surface area contributed by atoms with Crippen LogP contribution in [0.4, 0.5) is 11.4 Å². The van der Waals surface area contributed by atoms with Gasteiger partial charge in [0.15, 0.2) is 0 Å². The van der Waals surface area contributed by atoms with Crippen molar-refractivity contribution in [2.45, 2.75) is 6.04 Å². The van der Waals surface area contributed by atoms with Gasteiger partial charge in [0, 0.05) is 7.05 Å². The van der Waals surface area contributed by atoms with E-state index in [9.17, 15) is 0 Å². The van der Waals surface area contributed by atoms with Crippen LogP contribution in [0.15, 0.2) is 59.6 Å². The maximum atomic E-state index is 4.88. The second-order valence-corrected chi connectivity index (χ2v) is 5.01. The summed E-state index contributed by atoms with van der Waals surface area (Å²) in [5.41, 5.74) is 3.80. The van der Waals surface area contributed by atoms with E-state index in [1.165, 1.54) is 16.9 Å². The average molecular weight is 249 g/mol. The fourth-order valence-corrected chi connectivity index (χ4v) is 2.92. The van der Waals surface area contributed by atoms with E-state index in [4.69, 9.17) is 4.99 Å². The molecule has 0 aromatic heterocycles. The molecule has 19 heavy (non-hydrogen) atoms. The number of hydrogen-bond donors (Lipinski definition) is 0. The average Bonchev–Trinajstić information content (AvgIpc) is 3.01. The molecule has 2 aliphatic rings. The molecule has 2 aliphatic heterocycles. The fraction of sp³-hybridized carbons (Fsp3) is 0.188. The quantitative estimate of drug-likeness (QED) is 0.773. The topological polar surface area (TPSA) is 18.8 Å². The Labute approximate surface area is 112 Å². The third-order valence-corrected chi connectivity index (χ3v) is 3.89. The highest BCUT2D eigenvalue weighted by Gasteiger charge is 2.36. The lowest BCUT2D eigenvalue weighted by molar-refractivity contribution is 0.780. The predicted molar refractivity (Wildman–Crippen MR) is 78.8 cm³/mol. The van der Waals surface area contributed by atoms with Crippen molar-refractivity contribution in [3.63, 3.8) is 0 Å². The van der Waals surface area contributed by atoms with Crippen LogP contribution in [-0.2, 0) is 0 Å². The highest BCUT2D eigenvalue weighted by Crippen LogP contribution is 2.41. The fourth-order valence-electron chi connectivity index (χ4n) is 2.92. The van der Waals surface area contributed by atoms with Gasteiger partial charge in [0.25, 0.3) is 0 Å². The Morgan fingerprint density at radius 1 is 0.947 bits per heavy atom. The first kappa shape index (κ1) is 10.6. The van der Waals surface area contributed by atoms with Crippen LogP contribution >= 0.6 is 0 Å². The maximum absolute atomic E-state index is 4.88. The molecule has 0 saturated heterocycles. The number of rotatable bonds is 1. The Morgan fingerprint density at radius 3 is 2.42 bits per heavy atom. The van der Waals surface area contributed by atoms with Gasteiger partial charge in [-0.15, -0.1) is 0 Å². The van der Waals surface area contributed by atoms with Gasteiger partial charge >= 0.3 is 0 Å². The van der Waals surface area contributed by atoms with Gasteiger partial charge in [-0.2, -0.15) is 0 Å². The second-order valence-electron chi connectivity index (χ2n) is 5.01. The first-order valence-electron chi connectivity index (χ1n) is 6.57. The van der Waals surface area contributed by atoms with Gasteiger partial charge in [-0.1, -0.05) is 42.5 Å². The van der Waals surface area contributed by atoms with E-state index >= 15 is 0 Å². The second kappa shape index (κ2) is 3.85. The molecular weight excluding hydrogens is 234 g/mol. The number of aliphatic imine (C=N–C) groups is 1. The summed E-state index contributed by atoms with van der Waals surface area (Å²) < 4.78 is 0. The molecule has 0 bridgehead atoms. The predicted octanol–water partition coefficient (Wildman–Crippen LogP) is 3.05. The van der Waals surface area contributed by atoms with Crippen LogP contribution in [0, 0.1) is 0 Å². The van der Waals surface area contributed by atoms with Gasteiger partial charge in [0.05, 0.1) is 24.0 Å². The zero-order valence-corrected chi connectivity index (χ0v) is 10.8. The van der Waals surface area contributed by atoms with Crippen molar-refractivity contribution >= 4 is 17.3 Å². The van der Waals surface area contributed by atoms with E-state index in [1.54, 1.807) is 0 Å². The SMILES string of the molecule is CN1C2=N[C@H](c3ccccc3)CN2c2ccccc21. The number of guanidine groups is 1. The number of hydrogen-bond acceptors (Lipinski definition) is 3. The molecule has 2 aromatic rings. The molecule has 0 radical (unpaired) electrons. The number of para-hydroxylation sites is 2. The molecular formula is C16H15N3. The van der Waals surface area contributed by atoms with Crippen LogP contribution in [0.3, 0.4) is 0 Å². The molecule has 2 aromatic carbocycles. The summed E-state index contributed by atoms with van der Waals surface area (Å²) >= 11 is 0. The van der Waals surface area contributed by atoms with Crippen LogP contribution in [0.25, 0.3) is 0 Å². The summed E-state index contributed by atoms with van der Waals surface area (Å²) in [5.74, 6) is 1.06. The van der Waals surface area contributed by atoms with Crippen molar-refractivity contribution < 1.29 is 0 Å². The molecule has 3 heteroatoms. The summed E-state index contributed by atoms with van der Waals surface area (Å²) in [7, 11) is 2.09. The highest BCUT2D eigenvalue weighted by atomic mass is 15.5. The Balaban J connectivity index is 1.74. The van der Waals surface area contributed by atoms with Gasteiger partial charge in [0.2, 0.25) is 5.96 Å².